The SMILES string of the molecule is CC(C)(C)c1ccc(CNC2CC(O)C2)cc1. The first kappa shape index (κ1) is 12.6. The van der Waals surface area contributed by atoms with E-state index in [1.54, 1.807) is 0 Å². The van der Waals surface area contributed by atoms with Gasteiger partial charge < -0.3 is 10.4 Å². The third-order valence-corrected chi connectivity index (χ3v) is 3.53. The number of nitrogens with one attached hydrogen (secondary N) is 1. The van der Waals surface area contributed by atoms with Crippen LogP contribution in [0.2, 0.25) is 0 Å². The van der Waals surface area contributed by atoms with Gasteiger partial charge in [-0.15, -0.1) is 0 Å². The highest BCUT2D eigenvalue weighted by Crippen LogP contribution is 2.23. The van der Waals surface area contributed by atoms with Crippen molar-refractivity contribution in [2.24, 2.45) is 0 Å². The van der Waals surface area contributed by atoms with E-state index in [0.29, 0.717) is 6.04 Å². The van der Waals surface area contributed by atoms with E-state index in [1.807, 2.05) is 0 Å². The number of aliphatic hydroxyl groups excluding tert-OH is 1. The summed E-state index contributed by atoms with van der Waals surface area (Å²) in [6.07, 6.45) is 1.73. The molecule has 2 nitrogen and oxygen atoms in total. The summed E-state index contributed by atoms with van der Waals surface area (Å²) in [5.41, 5.74) is 2.92. The Labute approximate surface area is 104 Å². The van der Waals surface area contributed by atoms with Crippen LogP contribution in [0.25, 0.3) is 0 Å². The Morgan fingerprint density at radius 2 is 1.76 bits per heavy atom. The van der Waals surface area contributed by atoms with Gasteiger partial charge in [-0.3, -0.25) is 0 Å². The molecule has 1 aliphatic carbocycles. The number of aliphatic hydroxyl groups is 1. The second-order valence-electron chi connectivity index (χ2n) is 6.15. The van der Waals surface area contributed by atoms with Crippen molar-refractivity contribution in [3.63, 3.8) is 0 Å². The molecule has 1 aromatic carbocycles. The van der Waals surface area contributed by atoms with Crippen LogP contribution in [-0.4, -0.2) is 17.3 Å². The predicted molar refractivity (Wildman–Crippen MR) is 71.0 cm³/mol. The molecule has 0 heterocycles. The molecule has 1 aromatic rings. The largest absolute Gasteiger partial charge is 0.393 e. The summed E-state index contributed by atoms with van der Waals surface area (Å²) in [7, 11) is 0. The van der Waals surface area contributed by atoms with Gasteiger partial charge in [0, 0.05) is 12.6 Å². The summed E-state index contributed by atoms with van der Waals surface area (Å²) in [5, 5.41) is 12.7. The van der Waals surface area contributed by atoms with Crippen LogP contribution < -0.4 is 5.32 Å². The zero-order valence-electron chi connectivity index (χ0n) is 11.0. The number of rotatable bonds is 3. The smallest absolute Gasteiger partial charge is 0.0570 e. The summed E-state index contributed by atoms with van der Waals surface area (Å²) in [4.78, 5) is 0. The normalized spacial score (nSPS) is 24.5. The lowest BCUT2D eigenvalue weighted by Gasteiger charge is -2.32. The molecule has 0 aliphatic heterocycles. The van der Waals surface area contributed by atoms with Crippen molar-refractivity contribution < 1.29 is 5.11 Å². The molecule has 0 spiro atoms. The highest BCUT2D eigenvalue weighted by atomic mass is 16.3. The molecule has 2 heteroatoms. The average molecular weight is 233 g/mol. The van der Waals surface area contributed by atoms with Crippen molar-refractivity contribution in [1.29, 1.82) is 0 Å². The van der Waals surface area contributed by atoms with E-state index in [2.05, 4.69) is 50.4 Å². The van der Waals surface area contributed by atoms with Gasteiger partial charge in [-0.25, -0.2) is 0 Å². The molecule has 0 aromatic heterocycles. The first-order valence-corrected chi connectivity index (χ1v) is 6.46. The summed E-state index contributed by atoms with van der Waals surface area (Å²) in [5.74, 6) is 0. The lowest BCUT2D eigenvalue weighted by Crippen LogP contribution is -2.43. The Balaban J connectivity index is 1.86. The molecule has 1 fully saturated rings. The van der Waals surface area contributed by atoms with Gasteiger partial charge in [-0.05, 0) is 29.4 Å². The first-order valence-electron chi connectivity index (χ1n) is 6.46. The Morgan fingerprint density at radius 1 is 1.18 bits per heavy atom. The van der Waals surface area contributed by atoms with E-state index in [1.165, 1.54) is 11.1 Å². The lowest BCUT2D eigenvalue weighted by atomic mass is 9.86. The van der Waals surface area contributed by atoms with Crippen molar-refractivity contribution in [2.45, 2.75) is 57.7 Å². The van der Waals surface area contributed by atoms with Gasteiger partial charge in [-0.1, -0.05) is 45.0 Å². The summed E-state index contributed by atoms with van der Waals surface area (Å²) in [6, 6.07) is 9.33. The maximum absolute atomic E-state index is 9.20. The third kappa shape index (κ3) is 3.30. The number of benzene rings is 1. The Morgan fingerprint density at radius 3 is 2.24 bits per heavy atom. The van der Waals surface area contributed by atoms with Crippen molar-refractivity contribution in [1.82, 2.24) is 5.32 Å². The fourth-order valence-electron chi connectivity index (χ4n) is 2.14. The summed E-state index contributed by atoms with van der Waals surface area (Å²) >= 11 is 0. The monoisotopic (exact) mass is 233 g/mol. The minimum atomic E-state index is -0.0734. The lowest BCUT2D eigenvalue weighted by molar-refractivity contribution is 0.0619. The summed E-state index contributed by atoms with van der Waals surface area (Å²) in [6.45, 7) is 7.60. The van der Waals surface area contributed by atoms with Gasteiger partial charge in [0.05, 0.1) is 6.10 Å². The Kier molecular flexibility index (Phi) is 3.55. The molecule has 0 bridgehead atoms. The minimum absolute atomic E-state index is 0.0734. The minimum Gasteiger partial charge on any atom is -0.393 e. The molecule has 0 unspecified atom stereocenters. The highest BCUT2D eigenvalue weighted by Gasteiger charge is 2.26. The molecule has 0 radical (unpaired) electrons. The van der Waals surface area contributed by atoms with Crippen LogP contribution in [0, 0.1) is 0 Å². The van der Waals surface area contributed by atoms with E-state index < -0.39 is 0 Å². The molecule has 0 atom stereocenters. The third-order valence-electron chi connectivity index (χ3n) is 3.53. The van der Waals surface area contributed by atoms with Crippen LogP contribution in [0.3, 0.4) is 0 Å². The maximum Gasteiger partial charge on any atom is 0.0570 e. The molecular formula is C15H23NO. The second kappa shape index (κ2) is 4.79. The molecule has 0 amide bonds. The van der Waals surface area contributed by atoms with Crippen LogP contribution in [0.4, 0.5) is 0 Å². The predicted octanol–water partition coefficient (Wildman–Crippen LogP) is 2.60. The Bertz CT molecular complexity index is 358. The molecule has 0 saturated heterocycles. The van der Waals surface area contributed by atoms with Crippen molar-refractivity contribution in [2.75, 3.05) is 0 Å². The zero-order chi connectivity index (χ0) is 12.5. The standard InChI is InChI=1S/C15H23NO/c1-15(2,3)12-6-4-11(5-7-12)10-16-13-8-14(17)9-13/h4-7,13-14,16-17H,8-10H2,1-3H3. The van der Waals surface area contributed by atoms with Gasteiger partial charge in [0.2, 0.25) is 0 Å². The molecular weight excluding hydrogens is 210 g/mol. The molecule has 1 saturated carbocycles. The zero-order valence-corrected chi connectivity index (χ0v) is 11.0. The maximum atomic E-state index is 9.20. The van der Waals surface area contributed by atoms with Gasteiger partial charge in [0.25, 0.3) is 0 Å². The fourth-order valence-corrected chi connectivity index (χ4v) is 2.14. The van der Waals surface area contributed by atoms with Crippen LogP contribution in [0.1, 0.15) is 44.7 Å². The first-order chi connectivity index (χ1) is 7.95. The van der Waals surface area contributed by atoms with E-state index in [0.717, 1.165) is 19.4 Å². The fraction of sp³-hybridized carbons (Fsp3) is 0.600. The molecule has 1 aliphatic rings. The van der Waals surface area contributed by atoms with Crippen molar-refractivity contribution in [3.05, 3.63) is 35.4 Å². The number of hydrogen-bond donors (Lipinski definition) is 2. The summed E-state index contributed by atoms with van der Waals surface area (Å²) < 4.78 is 0. The van der Waals surface area contributed by atoms with Crippen molar-refractivity contribution in [3.8, 4) is 0 Å². The molecule has 2 rings (SSSR count). The molecule has 2 N–H and O–H groups in total. The second-order valence-corrected chi connectivity index (χ2v) is 6.15. The van der Waals surface area contributed by atoms with Gasteiger partial charge in [-0.2, -0.15) is 0 Å². The van der Waals surface area contributed by atoms with Crippen LogP contribution in [-0.2, 0) is 12.0 Å². The average Bonchev–Trinajstić information content (AvgIpc) is 2.22. The topological polar surface area (TPSA) is 32.3 Å². The van der Waals surface area contributed by atoms with Gasteiger partial charge in [0.15, 0.2) is 0 Å². The van der Waals surface area contributed by atoms with Gasteiger partial charge >= 0.3 is 0 Å². The van der Waals surface area contributed by atoms with E-state index >= 15 is 0 Å². The van der Waals surface area contributed by atoms with E-state index in [-0.39, 0.29) is 11.5 Å². The molecule has 17 heavy (non-hydrogen) atoms. The quantitative estimate of drug-likeness (QED) is 0.841. The number of hydrogen-bond acceptors (Lipinski definition) is 2. The Hall–Kier alpha value is -0.860. The van der Waals surface area contributed by atoms with Crippen LogP contribution in [0.5, 0.6) is 0 Å². The highest BCUT2D eigenvalue weighted by molar-refractivity contribution is 5.27. The van der Waals surface area contributed by atoms with Gasteiger partial charge in [0.1, 0.15) is 0 Å². The van der Waals surface area contributed by atoms with Crippen molar-refractivity contribution >= 4 is 0 Å². The van der Waals surface area contributed by atoms with Crippen LogP contribution in [0.15, 0.2) is 24.3 Å². The van der Waals surface area contributed by atoms with Crippen LogP contribution >= 0.6 is 0 Å². The molecule has 94 valence electrons. The van der Waals surface area contributed by atoms with E-state index in [4.69, 9.17) is 0 Å². The van der Waals surface area contributed by atoms with E-state index in [9.17, 15) is 5.11 Å².